The SMILES string of the molecule is CC1(C)Cc2c(sc(CC(=O)[C@@H](O)CC3CC3)c2C(N)=O)C(C)(C)O1. The van der Waals surface area contributed by atoms with Crippen LogP contribution in [-0.2, 0) is 28.0 Å². The molecule has 6 heteroatoms. The third kappa shape index (κ3) is 3.81. The molecule has 2 heterocycles. The number of aliphatic hydroxyl groups excluding tert-OH is 1. The summed E-state index contributed by atoms with van der Waals surface area (Å²) in [6, 6.07) is 0. The molecule has 1 amide bonds. The molecule has 2 aliphatic rings. The van der Waals surface area contributed by atoms with Gasteiger partial charge in [0.1, 0.15) is 6.10 Å². The normalized spacial score (nSPS) is 22.3. The lowest BCUT2D eigenvalue weighted by atomic mass is 9.85. The number of fused-ring (bicyclic) bond motifs is 1. The van der Waals surface area contributed by atoms with E-state index in [9.17, 15) is 14.7 Å². The number of aliphatic hydroxyl groups is 1. The third-order valence-electron chi connectivity index (χ3n) is 4.97. The highest BCUT2D eigenvalue weighted by molar-refractivity contribution is 7.12. The second kappa shape index (κ2) is 6.18. The highest BCUT2D eigenvalue weighted by Gasteiger charge is 2.43. The Balaban J connectivity index is 1.93. The number of hydrogen-bond donors (Lipinski definition) is 2. The van der Waals surface area contributed by atoms with E-state index in [4.69, 9.17) is 10.5 Å². The molecular weight excluding hydrogens is 338 g/mol. The molecule has 5 nitrogen and oxygen atoms in total. The number of amides is 1. The van der Waals surface area contributed by atoms with Crippen LogP contribution in [0.5, 0.6) is 0 Å². The molecule has 0 spiro atoms. The van der Waals surface area contributed by atoms with Gasteiger partial charge < -0.3 is 15.6 Å². The largest absolute Gasteiger partial charge is 0.385 e. The molecule has 0 aromatic carbocycles. The number of nitrogens with two attached hydrogens (primary N) is 1. The first-order chi connectivity index (χ1) is 11.5. The van der Waals surface area contributed by atoms with Crippen LogP contribution in [0.25, 0.3) is 0 Å². The predicted molar refractivity (Wildman–Crippen MR) is 96.8 cm³/mol. The minimum Gasteiger partial charge on any atom is -0.385 e. The van der Waals surface area contributed by atoms with Crippen molar-refractivity contribution in [2.24, 2.45) is 11.7 Å². The first-order valence-electron chi connectivity index (χ1n) is 8.86. The maximum Gasteiger partial charge on any atom is 0.250 e. The van der Waals surface area contributed by atoms with Gasteiger partial charge in [-0.3, -0.25) is 9.59 Å². The number of carbonyl (C=O) groups is 2. The van der Waals surface area contributed by atoms with Gasteiger partial charge in [-0.1, -0.05) is 12.8 Å². The Morgan fingerprint density at radius 1 is 1.32 bits per heavy atom. The topological polar surface area (TPSA) is 89.6 Å². The summed E-state index contributed by atoms with van der Waals surface area (Å²) in [5.41, 5.74) is 6.06. The van der Waals surface area contributed by atoms with Crippen molar-refractivity contribution >= 4 is 23.0 Å². The second-order valence-electron chi connectivity index (χ2n) is 8.46. The summed E-state index contributed by atoms with van der Waals surface area (Å²) in [5, 5.41) is 10.1. The van der Waals surface area contributed by atoms with Crippen molar-refractivity contribution in [2.75, 3.05) is 0 Å². The molecule has 1 atom stereocenters. The van der Waals surface area contributed by atoms with E-state index in [1.165, 1.54) is 11.3 Å². The zero-order chi connectivity index (χ0) is 18.6. The summed E-state index contributed by atoms with van der Waals surface area (Å²) in [5.74, 6) is -0.268. The molecule has 0 bridgehead atoms. The molecule has 1 aliphatic carbocycles. The van der Waals surface area contributed by atoms with Crippen LogP contribution in [0.4, 0.5) is 0 Å². The molecule has 1 aliphatic heterocycles. The van der Waals surface area contributed by atoms with E-state index in [2.05, 4.69) is 0 Å². The zero-order valence-electron chi connectivity index (χ0n) is 15.3. The Morgan fingerprint density at radius 3 is 2.52 bits per heavy atom. The van der Waals surface area contributed by atoms with Crippen LogP contribution in [-0.4, -0.2) is 28.5 Å². The van der Waals surface area contributed by atoms with Gasteiger partial charge in [0.2, 0.25) is 5.91 Å². The average molecular weight is 365 g/mol. The number of rotatable bonds is 6. The number of ether oxygens (including phenoxy) is 1. The van der Waals surface area contributed by atoms with E-state index >= 15 is 0 Å². The Bertz CT molecular complexity index is 715. The van der Waals surface area contributed by atoms with Gasteiger partial charge >= 0.3 is 0 Å². The number of primary amides is 1. The van der Waals surface area contributed by atoms with Crippen LogP contribution < -0.4 is 5.73 Å². The summed E-state index contributed by atoms with van der Waals surface area (Å²) in [7, 11) is 0. The average Bonchev–Trinajstić information content (AvgIpc) is 3.17. The summed E-state index contributed by atoms with van der Waals surface area (Å²) < 4.78 is 6.17. The van der Waals surface area contributed by atoms with Crippen molar-refractivity contribution in [2.45, 2.75) is 77.1 Å². The van der Waals surface area contributed by atoms with E-state index in [1.807, 2.05) is 27.7 Å². The minimum atomic E-state index is -0.951. The number of carbonyl (C=O) groups excluding carboxylic acids is 2. The number of hydrogen-bond acceptors (Lipinski definition) is 5. The Hall–Kier alpha value is -1.24. The van der Waals surface area contributed by atoms with E-state index < -0.39 is 23.2 Å². The summed E-state index contributed by atoms with van der Waals surface area (Å²) in [4.78, 5) is 26.2. The maximum atomic E-state index is 12.4. The van der Waals surface area contributed by atoms with Crippen LogP contribution in [0, 0.1) is 5.92 Å². The van der Waals surface area contributed by atoms with Crippen molar-refractivity contribution in [3.8, 4) is 0 Å². The first-order valence-corrected chi connectivity index (χ1v) is 9.67. The molecule has 1 fully saturated rings. The second-order valence-corrected chi connectivity index (χ2v) is 9.56. The fourth-order valence-electron chi connectivity index (χ4n) is 3.86. The van der Waals surface area contributed by atoms with Crippen molar-refractivity contribution in [3.63, 3.8) is 0 Å². The summed E-state index contributed by atoms with van der Waals surface area (Å²) in [6.45, 7) is 7.93. The molecule has 25 heavy (non-hydrogen) atoms. The van der Waals surface area contributed by atoms with Gasteiger partial charge in [0, 0.05) is 22.6 Å². The quantitative estimate of drug-likeness (QED) is 0.811. The Kier molecular flexibility index (Phi) is 4.58. The van der Waals surface area contributed by atoms with Gasteiger partial charge in [0.05, 0.1) is 16.8 Å². The van der Waals surface area contributed by atoms with Gasteiger partial charge in [-0.25, -0.2) is 0 Å². The first kappa shape index (κ1) is 18.5. The number of thiophene rings is 1. The molecule has 0 unspecified atom stereocenters. The smallest absolute Gasteiger partial charge is 0.250 e. The number of Topliss-reactive ketones (excluding diaryl/α,β-unsaturated/α-hetero) is 1. The third-order valence-corrected chi connectivity index (χ3v) is 6.50. The van der Waals surface area contributed by atoms with Crippen molar-refractivity contribution in [1.29, 1.82) is 0 Å². The lowest BCUT2D eigenvalue weighted by Crippen LogP contribution is -2.42. The summed E-state index contributed by atoms with van der Waals surface area (Å²) in [6.07, 6.45) is 2.39. The van der Waals surface area contributed by atoms with Crippen LogP contribution in [0.15, 0.2) is 0 Å². The van der Waals surface area contributed by atoms with Crippen LogP contribution in [0.1, 0.15) is 72.6 Å². The van der Waals surface area contributed by atoms with Gasteiger partial charge in [0.25, 0.3) is 0 Å². The molecule has 138 valence electrons. The van der Waals surface area contributed by atoms with Crippen molar-refractivity contribution in [1.82, 2.24) is 0 Å². The Labute approximate surface area is 152 Å². The minimum absolute atomic E-state index is 0.0559. The van der Waals surface area contributed by atoms with Crippen LogP contribution in [0.2, 0.25) is 0 Å². The Morgan fingerprint density at radius 2 is 1.96 bits per heavy atom. The maximum absolute atomic E-state index is 12.4. The highest BCUT2D eigenvalue weighted by atomic mass is 32.1. The lowest BCUT2D eigenvalue weighted by molar-refractivity contribution is -0.135. The molecule has 1 aromatic heterocycles. The number of ketones is 1. The predicted octanol–water partition coefficient (Wildman–Crippen LogP) is 2.71. The van der Waals surface area contributed by atoms with Crippen molar-refractivity contribution < 1.29 is 19.4 Å². The molecule has 0 radical (unpaired) electrons. The molecular formula is C19H27NO4S. The van der Waals surface area contributed by atoms with Gasteiger partial charge in [-0.05, 0) is 45.6 Å². The molecule has 3 rings (SSSR count). The van der Waals surface area contributed by atoms with E-state index in [0.717, 1.165) is 23.3 Å². The molecule has 1 aromatic rings. The van der Waals surface area contributed by atoms with Gasteiger partial charge in [-0.2, -0.15) is 0 Å². The molecule has 3 N–H and O–H groups in total. The fourth-order valence-corrected chi connectivity index (χ4v) is 5.23. The molecule has 1 saturated carbocycles. The summed E-state index contributed by atoms with van der Waals surface area (Å²) >= 11 is 1.42. The van der Waals surface area contributed by atoms with Gasteiger partial charge in [0.15, 0.2) is 5.78 Å². The van der Waals surface area contributed by atoms with E-state index in [1.54, 1.807) is 0 Å². The van der Waals surface area contributed by atoms with Gasteiger partial charge in [-0.15, -0.1) is 11.3 Å². The zero-order valence-corrected chi connectivity index (χ0v) is 16.2. The van der Waals surface area contributed by atoms with Crippen molar-refractivity contribution in [3.05, 3.63) is 20.9 Å². The van der Waals surface area contributed by atoms with Crippen LogP contribution >= 0.6 is 11.3 Å². The fraction of sp³-hybridized carbons (Fsp3) is 0.684. The van der Waals surface area contributed by atoms with Crippen LogP contribution in [0.3, 0.4) is 0 Å². The van der Waals surface area contributed by atoms with E-state index in [0.29, 0.717) is 29.2 Å². The lowest BCUT2D eigenvalue weighted by Gasteiger charge is -2.41. The standard InChI is InChI=1S/C19H27NO4S/c1-18(2)9-11-15(17(20)23)14(25-16(11)19(3,4)24-18)8-13(22)12(21)7-10-5-6-10/h10,12,21H,5-9H2,1-4H3,(H2,20,23)/t12-/m0/s1. The highest BCUT2D eigenvalue weighted by Crippen LogP contribution is 2.46. The monoisotopic (exact) mass is 365 g/mol. The van der Waals surface area contributed by atoms with E-state index in [-0.39, 0.29) is 12.2 Å². The molecule has 0 saturated heterocycles.